The molecule has 0 aliphatic carbocycles. The van der Waals surface area contributed by atoms with Gasteiger partial charge >= 0.3 is 6.01 Å². The fourth-order valence-electron chi connectivity index (χ4n) is 7.55. The summed E-state index contributed by atoms with van der Waals surface area (Å²) in [5, 5.41) is 2.47. The van der Waals surface area contributed by atoms with Crippen molar-refractivity contribution in [3.63, 3.8) is 0 Å². The van der Waals surface area contributed by atoms with Gasteiger partial charge in [0.15, 0.2) is 5.78 Å². The van der Waals surface area contributed by atoms with Crippen molar-refractivity contribution in [1.29, 1.82) is 0 Å². The smallest absolute Gasteiger partial charge is 0.318 e. The van der Waals surface area contributed by atoms with Crippen LogP contribution in [0.3, 0.4) is 0 Å². The summed E-state index contributed by atoms with van der Waals surface area (Å²) in [5.74, 6) is 1.01. The monoisotopic (exact) mass is 629 g/mol. The number of anilines is 2. The Morgan fingerprint density at radius 2 is 1.74 bits per heavy atom. The van der Waals surface area contributed by atoms with Gasteiger partial charge in [0.05, 0.1) is 18.8 Å². The lowest BCUT2D eigenvalue weighted by Gasteiger charge is -2.41. The lowest BCUT2D eigenvalue weighted by molar-refractivity contribution is 0.0885. The molecule has 2 fully saturated rings. The molecule has 0 radical (unpaired) electrons. The van der Waals surface area contributed by atoms with Gasteiger partial charge in [-0.3, -0.25) is 14.6 Å². The first-order chi connectivity index (χ1) is 23.1. The SMILES string of the molecule is [C-]#[N+]C[C@H]1CN(c2nc(OC[C@H]3CCCN3CC)nc3c2CCN(c2cccc4ccccc24)C3)CCN1CC(=O)c1ccccc1. The average Bonchev–Trinajstić information content (AvgIpc) is 3.59. The molecule has 0 N–H and O–H groups in total. The Bertz CT molecular complexity index is 1750. The normalized spacial score (nSPS) is 20.3. The van der Waals surface area contributed by atoms with E-state index in [-0.39, 0.29) is 11.8 Å². The minimum Gasteiger partial charge on any atom is -0.462 e. The van der Waals surface area contributed by atoms with Crippen molar-refractivity contribution in [2.45, 2.75) is 44.8 Å². The van der Waals surface area contributed by atoms with Crippen molar-refractivity contribution in [3.05, 3.63) is 101 Å². The summed E-state index contributed by atoms with van der Waals surface area (Å²) in [6.45, 7) is 16.8. The maximum atomic E-state index is 13.1. The molecule has 47 heavy (non-hydrogen) atoms. The Kier molecular flexibility index (Phi) is 9.32. The van der Waals surface area contributed by atoms with Gasteiger partial charge in [-0.05, 0) is 43.8 Å². The highest BCUT2D eigenvalue weighted by molar-refractivity contribution is 5.97. The van der Waals surface area contributed by atoms with Crippen LogP contribution in [0, 0.1) is 6.57 Å². The Hall–Kier alpha value is -4.52. The first kappa shape index (κ1) is 31.1. The Morgan fingerprint density at radius 3 is 2.60 bits per heavy atom. The first-order valence-corrected chi connectivity index (χ1v) is 17.0. The predicted octanol–water partition coefficient (Wildman–Crippen LogP) is 5.35. The topological polar surface area (TPSA) is 69.4 Å². The van der Waals surface area contributed by atoms with Crippen molar-refractivity contribution in [3.8, 4) is 6.01 Å². The first-order valence-electron chi connectivity index (χ1n) is 17.0. The summed E-state index contributed by atoms with van der Waals surface area (Å²) in [6.07, 6.45) is 3.14. The molecule has 0 bridgehead atoms. The van der Waals surface area contributed by atoms with E-state index in [1.165, 1.54) is 28.4 Å². The number of piperazine rings is 1. The third kappa shape index (κ3) is 6.67. The van der Waals surface area contributed by atoms with Crippen molar-refractivity contribution >= 4 is 28.1 Å². The number of Topliss-reactive ketones (excluding diaryl/α,β-unsaturated/α-hetero) is 1. The number of hydrogen-bond acceptors (Lipinski definition) is 8. The fourth-order valence-corrected chi connectivity index (χ4v) is 7.55. The maximum absolute atomic E-state index is 13.1. The van der Waals surface area contributed by atoms with Gasteiger partial charge in [0.2, 0.25) is 6.54 Å². The van der Waals surface area contributed by atoms with E-state index in [1.807, 2.05) is 30.3 Å². The number of nitrogens with zero attached hydrogens (tertiary/aromatic N) is 7. The van der Waals surface area contributed by atoms with Crippen LogP contribution in [0.1, 0.15) is 41.4 Å². The molecule has 4 heterocycles. The Morgan fingerprint density at radius 1 is 0.915 bits per heavy atom. The molecule has 2 atom stereocenters. The number of likely N-dealkylation sites (N-methyl/N-ethyl adjacent to an activating group) is 1. The zero-order valence-electron chi connectivity index (χ0n) is 27.2. The van der Waals surface area contributed by atoms with Gasteiger partial charge in [0, 0.05) is 54.4 Å². The number of likely N-dealkylation sites (tertiary alicyclic amines) is 1. The molecule has 1 aromatic heterocycles. The number of rotatable bonds is 10. The minimum absolute atomic E-state index is 0.0729. The molecule has 242 valence electrons. The van der Waals surface area contributed by atoms with Crippen LogP contribution in [0.15, 0.2) is 72.8 Å². The van der Waals surface area contributed by atoms with Gasteiger partial charge in [0.1, 0.15) is 18.5 Å². The number of ketones is 1. The van der Waals surface area contributed by atoms with Crippen LogP contribution in [-0.4, -0.2) is 96.6 Å². The summed E-state index contributed by atoms with van der Waals surface area (Å²) in [6, 6.07) is 25.2. The highest BCUT2D eigenvalue weighted by atomic mass is 16.5. The van der Waals surface area contributed by atoms with Crippen LogP contribution in [-0.2, 0) is 13.0 Å². The molecule has 3 aliphatic heterocycles. The zero-order valence-corrected chi connectivity index (χ0v) is 27.2. The molecule has 4 aromatic rings. The second kappa shape index (κ2) is 14.1. The number of fused-ring (bicyclic) bond motifs is 2. The number of aromatic nitrogens is 2. The average molecular weight is 630 g/mol. The minimum atomic E-state index is -0.0729. The predicted molar refractivity (Wildman–Crippen MR) is 186 cm³/mol. The standard InChI is InChI=1S/C38H43N7O2/c1-3-42-19-10-15-30(42)27-47-38-40-34-25-44(35-17-9-14-28-11-7-8-16-32(28)35)20-18-33(34)37(41-38)45-22-21-43(31(24-45)23-39-2)26-36(46)29-12-5-4-6-13-29/h4-9,11-14,16-17,30-31H,3,10,15,18-27H2,1H3/t30-,31+/m1/s1. The maximum Gasteiger partial charge on any atom is 0.318 e. The van der Waals surface area contributed by atoms with E-state index in [0.717, 1.165) is 50.5 Å². The second-order valence-electron chi connectivity index (χ2n) is 12.9. The molecule has 0 amide bonds. The van der Waals surface area contributed by atoms with Crippen molar-refractivity contribution in [1.82, 2.24) is 19.8 Å². The quantitative estimate of drug-likeness (QED) is 0.172. The summed E-state index contributed by atoms with van der Waals surface area (Å²) < 4.78 is 6.42. The molecule has 3 aliphatic rings. The van der Waals surface area contributed by atoms with Crippen molar-refractivity contribution in [2.75, 3.05) is 68.8 Å². The fraction of sp³-hybridized carbons (Fsp3) is 0.421. The van der Waals surface area contributed by atoms with Crippen LogP contribution < -0.4 is 14.5 Å². The lowest BCUT2D eigenvalue weighted by atomic mass is 10.0. The molecule has 0 saturated carbocycles. The van der Waals surface area contributed by atoms with Crippen LogP contribution in [0.2, 0.25) is 0 Å². The Labute approximate surface area is 277 Å². The van der Waals surface area contributed by atoms with Crippen LogP contribution in [0.4, 0.5) is 11.5 Å². The molecule has 9 nitrogen and oxygen atoms in total. The molecular formula is C38H43N7O2. The third-order valence-corrected chi connectivity index (χ3v) is 10.1. The second-order valence-corrected chi connectivity index (χ2v) is 12.9. The van der Waals surface area contributed by atoms with Crippen LogP contribution in [0.25, 0.3) is 15.6 Å². The molecular weight excluding hydrogens is 586 g/mol. The van der Waals surface area contributed by atoms with E-state index in [1.54, 1.807) is 0 Å². The van der Waals surface area contributed by atoms with Gasteiger partial charge in [-0.2, -0.15) is 9.97 Å². The summed E-state index contributed by atoms with van der Waals surface area (Å²) in [7, 11) is 0. The summed E-state index contributed by atoms with van der Waals surface area (Å²) >= 11 is 0. The van der Waals surface area contributed by atoms with E-state index < -0.39 is 0 Å². The van der Waals surface area contributed by atoms with Crippen LogP contribution in [0.5, 0.6) is 6.01 Å². The Balaban J connectivity index is 1.17. The van der Waals surface area contributed by atoms with E-state index in [4.69, 9.17) is 21.3 Å². The van der Waals surface area contributed by atoms with E-state index in [2.05, 4.69) is 73.8 Å². The summed E-state index contributed by atoms with van der Waals surface area (Å²) in [5.41, 5.74) is 4.10. The molecule has 3 aromatic carbocycles. The zero-order chi connectivity index (χ0) is 32.2. The van der Waals surface area contributed by atoms with Gasteiger partial charge in [0.25, 0.3) is 0 Å². The highest BCUT2D eigenvalue weighted by Crippen LogP contribution is 2.35. The van der Waals surface area contributed by atoms with Gasteiger partial charge in [-0.15, -0.1) is 0 Å². The van der Waals surface area contributed by atoms with Crippen molar-refractivity contribution in [2.24, 2.45) is 0 Å². The number of carbonyl (C=O) groups is 1. The highest BCUT2D eigenvalue weighted by Gasteiger charge is 2.34. The van der Waals surface area contributed by atoms with E-state index in [9.17, 15) is 4.79 Å². The van der Waals surface area contributed by atoms with E-state index >= 15 is 0 Å². The van der Waals surface area contributed by atoms with Gasteiger partial charge < -0.3 is 19.4 Å². The molecule has 0 unspecified atom stereocenters. The number of ether oxygens (including phenoxy) is 1. The van der Waals surface area contributed by atoms with E-state index in [0.29, 0.717) is 56.9 Å². The molecule has 9 heteroatoms. The third-order valence-electron chi connectivity index (χ3n) is 10.1. The summed E-state index contributed by atoms with van der Waals surface area (Å²) in [4.78, 5) is 36.5. The molecule has 0 spiro atoms. The number of hydrogen-bond donors (Lipinski definition) is 0. The lowest BCUT2D eigenvalue weighted by Crippen LogP contribution is -2.56. The van der Waals surface area contributed by atoms with Gasteiger partial charge in [-0.1, -0.05) is 73.7 Å². The van der Waals surface area contributed by atoms with Gasteiger partial charge in [-0.25, -0.2) is 6.57 Å². The van der Waals surface area contributed by atoms with Crippen molar-refractivity contribution < 1.29 is 9.53 Å². The largest absolute Gasteiger partial charge is 0.462 e. The number of benzene rings is 3. The molecule has 7 rings (SSSR count). The van der Waals surface area contributed by atoms with Crippen LogP contribution >= 0.6 is 0 Å². The molecule has 2 saturated heterocycles. The number of carbonyl (C=O) groups excluding carboxylic acids is 1.